The molecule has 112 valence electrons. The first-order valence-corrected chi connectivity index (χ1v) is 7.19. The van der Waals surface area contributed by atoms with Gasteiger partial charge in [0.05, 0.1) is 6.54 Å². The summed E-state index contributed by atoms with van der Waals surface area (Å²) in [7, 11) is 0. The molecule has 0 saturated carbocycles. The summed E-state index contributed by atoms with van der Waals surface area (Å²) in [6, 6.07) is 7.67. The van der Waals surface area contributed by atoms with Crippen molar-refractivity contribution in [1.29, 1.82) is 0 Å². The van der Waals surface area contributed by atoms with Crippen LogP contribution in [0.5, 0.6) is 0 Å². The van der Waals surface area contributed by atoms with Crippen LogP contribution in [-0.2, 0) is 9.47 Å². The SMILES string of the molecule is CCOC(CNC(=O)c1ccc(C(C)C)cc1)OCC. The second kappa shape index (κ2) is 8.72. The van der Waals surface area contributed by atoms with E-state index in [1.54, 1.807) is 0 Å². The maximum Gasteiger partial charge on any atom is 0.251 e. The summed E-state index contributed by atoms with van der Waals surface area (Å²) in [5, 5.41) is 2.83. The zero-order valence-corrected chi connectivity index (χ0v) is 12.8. The molecule has 0 aliphatic rings. The van der Waals surface area contributed by atoms with Gasteiger partial charge in [0, 0.05) is 18.8 Å². The highest BCUT2D eigenvalue weighted by molar-refractivity contribution is 5.94. The van der Waals surface area contributed by atoms with Crippen LogP contribution in [0.3, 0.4) is 0 Å². The van der Waals surface area contributed by atoms with Crippen molar-refractivity contribution in [1.82, 2.24) is 5.32 Å². The standard InChI is InChI=1S/C16H25NO3/c1-5-19-15(20-6-2)11-17-16(18)14-9-7-13(8-10-14)12(3)4/h7-10,12,15H,5-6,11H2,1-4H3,(H,17,18). The minimum Gasteiger partial charge on any atom is -0.351 e. The Morgan fingerprint density at radius 1 is 1.10 bits per heavy atom. The summed E-state index contributed by atoms with van der Waals surface area (Å²) in [6.45, 7) is 9.53. The van der Waals surface area contributed by atoms with Crippen molar-refractivity contribution in [3.8, 4) is 0 Å². The molecule has 0 fully saturated rings. The number of amides is 1. The Hall–Kier alpha value is -1.39. The maximum absolute atomic E-state index is 12.0. The molecule has 0 bridgehead atoms. The fourth-order valence-electron chi connectivity index (χ4n) is 1.84. The van der Waals surface area contributed by atoms with Crippen LogP contribution in [0, 0.1) is 0 Å². The fourth-order valence-corrected chi connectivity index (χ4v) is 1.84. The highest BCUT2D eigenvalue weighted by atomic mass is 16.7. The normalized spacial score (nSPS) is 11.1. The molecule has 1 rings (SSSR count). The molecule has 0 aliphatic carbocycles. The molecule has 0 atom stereocenters. The van der Waals surface area contributed by atoms with E-state index in [9.17, 15) is 4.79 Å². The molecule has 1 amide bonds. The fraction of sp³-hybridized carbons (Fsp3) is 0.562. The van der Waals surface area contributed by atoms with E-state index in [4.69, 9.17) is 9.47 Å². The molecule has 0 saturated heterocycles. The quantitative estimate of drug-likeness (QED) is 0.744. The van der Waals surface area contributed by atoms with Crippen molar-refractivity contribution in [2.45, 2.75) is 39.9 Å². The molecule has 1 N–H and O–H groups in total. The predicted octanol–water partition coefficient (Wildman–Crippen LogP) is 2.94. The maximum atomic E-state index is 12.0. The van der Waals surface area contributed by atoms with Crippen LogP contribution in [0.25, 0.3) is 0 Å². The predicted molar refractivity (Wildman–Crippen MR) is 79.9 cm³/mol. The Morgan fingerprint density at radius 2 is 1.65 bits per heavy atom. The van der Waals surface area contributed by atoms with E-state index in [1.165, 1.54) is 5.56 Å². The van der Waals surface area contributed by atoms with Gasteiger partial charge < -0.3 is 14.8 Å². The van der Waals surface area contributed by atoms with E-state index in [1.807, 2.05) is 38.1 Å². The largest absolute Gasteiger partial charge is 0.351 e. The first-order chi connectivity index (χ1) is 9.58. The summed E-state index contributed by atoms with van der Waals surface area (Å²) >= 11 is 0. The van der Waals surface area contributed by atoms with E-state index >= 15 is 0 Å². The second-order valence-electron chi connectivity index (χ2n) is 4.83. The summed E-state index contributed by atoms with van der Waals surface area (Å²) in [5.74, 6) is 0.358. The smallest absolute Gasteiger partial charge is 0.251 e. The third-order valence-electron chi connectivity index (χ3n) is 2.97. The molecule has 0 heterocycles. The van der Waals surface area contributed by atoms with E-state index < -0.39 is 0 Å². The molecular weight excluding hydrogens is 254 g/mol. The Labute approximate surface area is 121 Å². The van der Waals surface area contributed by atoms with Crippen molar-refractivity contribution < 1.29 is 14.3 Å². The third kappa shape index (κ3) is 5.31. The summed E-state index contributed by atoms with van der Waals surface area (Å²) < 4.78 is 10.8. The lowest BCUT2D eigenvalue weighted by atomic mass is 10.0. The van der Waals surface area contributed by atoms with Gasteiger partial charge in [-0.15, -0.1) is 0 Å². The summed E-state index contributed by atoms with van der Waals surface area (Å²) in [5.41, 5.74) is 1.88. The van der Waals surface area contributed by atoms with E-state index in [0.29, 0.717) is 31.2 Å². The van der Waals surface area contributed by atoms with Crippen LogP contribution in [0.2, 0.25) is 0 Å². The Kier molecular flexibility index (Phi) is 7.26. The molecule has 0 unspecified atom stereocenters. The van der Waals surface area contributed by atoms with Crippen LogP contribution < -0.4 is 5.32 Å². The average Bonchev–Trinajstić information content (AvgIpc) is 2.45. The molecule has 4 nitrogen and oxygen atoms in total. The Bertz CT molecular complexity index is 395. The molecule has 0 aliphatic heterocycles. The number of carbonyl (C=O) groups is 1. The third-order valence-corrected chi connectivity index (χ3v) is 2.97. The first-order valence-electron chi connectivity index (χ1n) is 7.19. The molecule has 1 aromatic rings. The van der Waals surface area contributed by atoms with E-state index in [2.05, 4.69) is 19.2 Å². The van der Waals surface area contributed by atoms with Gasteiger partial charge in [-0.25, -0.2) is 0 Å². The van der Waals surface area contributed by atoms with Gasteiger partial charge in [0.1, 0.15) is 0 Å². The summed E-state index contributed by atoms with van der Waals surface area (Å²) in [6.07, 6.45) is -0.385. The van der Waals surface area contributed by atoms with Crippen LogP contribution in [0.15, 0.2) is 24.3 Å². The molecular formula is C16H25NO3. The number of hydrogen-bond donors (Lipinski definition) is 1. The molecule has 20 heavy (non-hydrogen) atoms. The van der Waals surface area contributed by atoms with Gasteiger partial charge in [0.2, 0.25) is 0 Å². The minimum absolute atomic E-state index is 0.107. The lowest BCUT2D eigenvalue weighted by molar-refractivity contribution is -0.131. The summed E-state index contributed by atoms with van der Waals surface area (Å²) in [4.78, 5) is 12.0. The lowest BCUT2D eigenvalue weighted by Crippen LogP contribution is -2.35. The number of rotatable bonds is 8. The molecule has 4 heteroatoms. The number of ether oxygens (including phenoxy) is 2. The molecule has 1 aromatic carbocycles. The van der Waals surface area contributed by atoms with Gasteiger partial charge in [-0.3, -0.25) is 4.79 Å². The lowest BCUT2D eigenvalue weighted by Gasteiger charge is -2.17. The van der Waals surface area contributed by atoms with Crippen molar-refractivity contribution in [2.24, 2.45) is 0 Å². The number of nitrogens with one attached hydrogen (secondary N) is 1. The molecule has 0 spiro atoms. The Balaban J connectivity index is 2.53. The van der Waals surface area contributed by atoms with Crippen molar-refractivity contribution in [2.75, 3.05) is 19.8 Å². The molecule has 0 radical (unpaired) electrons. The van der Waals surface area contributed by atoms with Crippen LogP contribution >= 0.6 is 0 Å². The average molecular weight is 279 g/mol. The van der Waals surface area contributed by atoms with Gasteiger partial charge in [-0.1, -0.05) is 26.0 Å². The van der Waals surface area contributed by atoms with Crippen LogP contribution in [0.1, 0.15) is 49.5 Å². The van der Waals surface area contributed by atoms with Crippen molar-refractivity contribution >= 4 is 5.91 Å². The van der Waals surface area contributed by atoms with Crippen LogP contribution in [-0.4, -0.2) is 32.0 Å². The minimum atomic E-state index is -0.385. The zero-order valence-electron chi connectivity index (χ0n) is 12.8. The molecule has 0 aromatic heterocycles. The number of benzene rings is 1. The van der Waals surface area contributed by atoms with E-state index in [0.717, 1.165) is 0 Å². The van der Waals surface area contributed by atoms with Crippen LogP contribution in [0.4, 0.5) is 0 Å². The number of carbonyl (C=O) groups excluding carboxylic acids is 1. The second-order valence-corrected chi connectivity index (χ2v) is 4.83. The highest BCUT2D eigenvalue weighted by Gasteiger charge is 2.11. The zero-order chi connectivity index (χ0) is 15.0. The van der Waals surface area contributed by atoms with Crippen molar-refractivity contribution in [3.05, 3.63) is 35.4 Å². The topological polar surface area (TPSA) is 47.6 Å². The number of hydrogen-bond acceptors (Lipinski definition) is 3. The van der Waals surface area contributed by atoms with Gasteiger partial charge in [-0.2, -0.15) is 0 Å². The van der Waals surface area contributed by atoms with Gasteiger partial charge in [0.25, 0.3) is 5.91 Å². The van der Waals surface area contributed by atoms with Gasteiger partial charge >= 0.3 is 0 Å². The van der Waals surface area contributed by atoms with Gasteiger partial charge in [0.15, 0.2) is 6.29 Å². The first kappa shape index (κ1) is 16.7. The van der Waals surface area contributed by atoms with E-state index in [-0.39, 0.29) is 12.2 Å². The van der Waals surface area contributed by atoms with Crippen molar-refractivity contribution in [3.63, 3.8) is 0 Å². The Morgan fingerprint density at radius 3 is 2.10 bits per heavy atom. The highest BCUT2D eigenvalue weighted by Crippen LogP contribution is 2.14. The van der Waals surface area contributed by atoms with Gasteiger partial charge in [-0.05, 0) is 37.5 Å². The monoisotopic (exact) mass is 279 g/mol.